The van der Waals surface area contributed by atoms with Gasteiger partial charge in [0, 0.05) is 0 Å². The van der Waals surface area contributed by atoms with Gasteiger partial charge in [0.25, 0.3) is 0 Å². The molecule has 6 aromatic rings. The van der Waals surface area contributed by atoms with Crippen LogP contribution in [-0.4, -0.2) is 3.81 Å². The molecular formula is C51H48Cl2Ti. The number of fused-ring (bicyclic) bond motifs is 3. The van der Waals surface area contributed by atoms with Gasteiger partial charge in [0.15, 0.2) is 0 Å². The second kappa shape index (κ2) is 16.0. The first-order chi connectivity index (χ1) is 25.1. The van der Waals surface area contributed by atoms with Gasteiger partial charge in [-0.15, -0.1) is 0 Å². The molecule has 2 aliphatic carbocycles. The van der Waals surface area contributed by atoms with Crippen molar-refractivity contribution in [2.24, 2.45) is 0 Å². The molecule has 270 valence electrons. The smallest absolute Gasteiger partial charge is 1.00 e. The van der Waals surface area contributed by atoms with Crippen LogP contribution in [0.3, 0.4) is 0 Å². The average Bonchev–Trinajstić information content (AvgIpc) is 3.76. The first kappa shape index (κ1) is 39.7. The van der Waals surface area contributed by atoms with Crippen LogP contribution in [0.4, 0.5) is 0 Å². The summed E-state index contributed by atoms with van der Waals surface area (Å²) in [5.41, 5.74) is 24.8. The first-order valence-corrected chi connectivity index (χ1v) is 21.1. The number of allylic oxidation sites excluding steroid dienone is 4. The molecule has 0 unspecified atom stereocenters. The molecule has 0 saturated heterocycles. The summed E-state index contributed by atoms with van der Waals surface area (Å²) < 4.78 is 4.80. The molecule has 54 heavy (non-hydrogen) atoms. The van der Waals surface area contributed by atoms with Gasteiger partial charge in [-0.25, -0.2) is 0 Å². The Morgan fingerprint density at radius 1 is 0.500 bits per heavy atom. The predicted octanol–water partition coefficient (Wildman–Crippen LogP) is 6.42. The molecule has 0 N–H and O–H groups in total. The maximum absolute atomic E-state index is 2.51. The standard InChI is InChI=1S/C31H29.C15H14.C5H5.2ClH.Ti/c1-18-11-20(3)30(21(4)12-18)24-7-9-28-26(15-24)17-27-16-25(8-10-29(27)28)31-22(5)13-19(2)14-23(31)6;1-12-3-7-14(8-4-12)11-15-9-5-13(2)6-10-15;1-2-4-5-3-1;;;/h7-15H,17H2,1-6H3;3-10H,1-2H3;1-3H,4H2;2*1H;/q;;;;;+2/p-2. The van der Waals surface area contributed by atoms with Crippen molar-refractivity contribution < 1.29 is 42.2 Å². The van der Waals surface area contributed by atoms with Gasteiger partial charge >= 0.3 is 319 Å². The Morgan fingerprint density at radius 2 is 1.00 bits per heavy atom. The minimum absolute atomic E-state index is 0. The summed E-state index contributed by atoms with van der Waals surface area (Å²) in [5.74, 6) is 0. The molecule has 0 aromatic heterocycles. The molecule has 0 spiro atoms. The normalized spacial score (nSPS) is 12.2. The Kier molecular flexibility index (Phi) is 11.7. The van der Waals surface area contributed by atoms with Crippen LogP contribution in [0.15, 0.2) is 125 Å². The Balaban J connectivity index is 0.00000249. The molecule has 0 bridgehead atoms. The van der Waals surface area contributed by atoms with Crippen LogP contribution in [0.1, 0.15) is 73.2 Å². The maximum atomic E-state index is 2.51. The van der Waals surface area contributed by atoms with E-state index < -0.39 is 17.4 Å². The third-order valence-corrected chi connectivity index (χ3v) is 16.2. The van der Waals surface area contributed by atoms with Crippen molar-refractivity contribution in [3.05, 3.63) is 192 Å². The van der Waals surface area contributed by atoms with Gasteiger partial charge in [0.1, 0.15) is 0 Å². The zero-order valence-electron chi connectivity index (χ0n) is 32.7. The number of aryl methyl sites for hydroxylation is 8. The van der Waals surface area contributed by atoms with Crippen molar-refractivity contribution in [3.63, 3.8) is 0 Å². The van der Waals surface area contributed by atoms with Crippen molar-refractivity contribution in [2.45, 2.75) is 68.2 Å². The van der Waals surface area contributed by atoms with E-state index in [-0.39, 0.29) is 24.8 Å². The molecule has 0 amide bonds. The minimum atomic E-state index is -2.49. The Hall–Kier alpha value is -4.04. The van der Waals surface area contributed by atoms with Crippen molar-refractivity contribution >= 4 is 7.68 Å². The summed E-state index contributed by atoms with van der Waals surface area (Å²) in [5, 5.41) is 0. The van der Waals surface area contributed by atoms with Crippen molar-refractivity contribution in [1.29, 1.82) is 0 Å². The van der Waals surface area contributed by atoms with E-state index in [1.54, 1.807) is 17.1 Å². The van der Waals surface area contributed by atoms with Crippen LogP contribution in [-0.2, 0) is 23.8 Å². The Bertz CT molecular complexity index is 2420. The predicted molar refractivity (Wildman–Crippen MR) is 221 cm³/mol. The average molecular weight is 780 g/mol. The fourth-order valence-electron chi connectivity index (χ4n) is 9.14. The maximum Gasteiger partial charge on any atom is -1.00 e. The van der Waals surface area contributed by atoms with Crippen LogP contribution >= 0.6 is 0 Å². The molecule has 0 saturated carbocycles. The van der Waals surface area contributed by atoms with E-state index in [4.69, 9.17) is 0 Å². The van der Waals surface area contributed by atoms with Gasteiger partial charge < -0.3 is 24.8 Å². The van der Waals surface area contributed by atoms with Gasteiger partial charge in [-0.1, -0.05) is 0 Å². The van der Waals surface area contributed by atoms with Gasteiger partial charge in [0.05, 0.1) is 0 Å². The monoisotopic (exact) mass is 778 g/mol. The number of halogens is 2. The third-order valence-electron chi connectivity index (χ3n) is 11.3. The van der Waals surface area contributed by atoms with E-state index in [0.717, 1.165) is 12.8 Å². The molecule has 8 rings (SSSR count). The quantitative estimate of drug-likeness (QED) is 0.171. The summed E-state index contributed by atoms with van der Waals surface area (Å²) in [6, 6.07) is 40.4. The van der Waals surface area contributed by atoms with Gasteiger partial charge in [-0.05, 0) is 0 Å². The molecule has 0 heterocycles. The molecule has 2 aliphatic rings. The summed E-state index contributed by atoms with van der Waals surface area (Å²) >= 11 is -2.49. The molecule has 0 nitrogen and oxygen atoms in total. The number of hydrogen-bond donors (Lipinski definition) is 0. The van der Waals surface area contributed by atoms with E-state index in [9.17, 15) is 0 Å². The summed E-state index contributed by atoms with van der Waals surface area (Å²) in [7, 11) is 0. The Morgan fingerprint density at radius 3 is 1.52 bits per heavy atom. The summed E-state index contributed by atoms with van der Waals surface area (Å²) in [6.07, 6.45) is 9.14. The van der Waals surface area contributed by atoms with Gasteiger partial charge in [-0.3, -0.25) is 0 Å². The second-order valence-corrected chi connectivity index (χ2v) is 19.2. The molecular weight excluding hydrogens is 731 g/mol. The van der Waals surface area contributed by atoms with Gasteiger partial charge in [-0.2, -0.15) is 0 Å². The molecule has 3 heteroatoms. The van der Waals surface area contributed by atoms with Crippen LogP contribution in [0, 0.1) is 55.4 Å². The van der Waals surface area contributed by atoms with E-state index in [1.165, 1.54) is 94.6 Å². The van der Waals surface area contributed by atoms with Crippen molar-refractivity contribution in [2.75, 3.05) is 0 Å². The van der Waals surface area contributed by atoms with E-state index in [2.05, 4.69) is 177 Å². The molecule has 6 aromatic carbocycles. The Labute approximate surface area is 341 Å². The SMILES string of the molecule is Cc1ccc([C](c2ccc(C)cc2)=[Ti+2]([C]2=CC=CC2)[c]2c(-c3c(C)cc(C)cc3C)ccc3c2Cc2cc(-c4c(C)cc(C)cc4C)ccc2-3)cc1.[Cl-].[Cl-]. The summed E-state index contributed by atoms with van der Waals surface area (Å²) in [4.78, 5) is 0. The van der Waals surface area contributed by atoms with Crippen LogP contribution in [0.25, 0.3) is 33.4 Å². The summed E-state index contributed by atoms with van der Waals surface area (Å²) in [6.45, 7) is 18.0. The van der Waals surface area contributed by atoms with Crippen LogP contribution in [0.2, 0.25) is 0 Å². The molecule has 0 atom stereocenters. The third kappa shape index (κ3) is 7.23. The first-order valence-electron chi connectivity index (χ1n) is 18.8. The van der Waals surface area contributed by atoms with Crippen LogP contribution < -0.4 is 28.7 Å². The van der Waals surface area contributed by atoms with Crippen molar-refractivity contribution in [3.8, 4) is 33.4 Å². The van der Waals surface area contributed by atoms with Crippen molar-refractivity contribution in [1.82, 2.24) is 0 Å². The largest absolute Gasteiger partial charge is 1.00 e. The second-order valence-electron chi connectivity index (χ2n) is 15.4. The molecule has 0 aliphatic heterocycles. The number of rotatable bonds is 6. The topological polar surface area (TPSA) is 0 Å². The molecule has 0 radical (unpaired) electrons. The minimum Gasteiger partial charge on any atom is -1.00 e. The number of benzene rings is 6. The van der Waals surface area contributed by atoms with Gasteiger partial charge in [0.2, 0.25) is 0 Å². The van der Waals surface area contributed by atoms with E-state index in [0.29, 0.717) is 0 Å². The fraction of sp³-hybridized carbons (Fsp3) is 0.196. The zero-order valence-corrected chi connectivity index (χ0v) is 35.8. The van der Waals surface area contributed by atoms with Crippen LogP contribution in [0.5, 0.6) is 0 Å². The van der Waals surface area contributed by atoms with E-state index >= 15 is 0 Å². The van der Waals surface area contributed by atoms with E-state index in [1.807, 2.05) is 0 Å². The number of hydrogen-bond acceptors (Lipinski definition) is 0. The molecule has 0 fully saturated rings. The zero-order chi connectivity index (χ0) is 36.3. The fourth-order valence-corrected chi connectivity index (χ4v) is 14.4.